The number of pyridine rings is 1. The Balaban J connectivity index is 2.07. The summed E-state index contributed by atoms with van der Waals surface area (Å²) in [6.07, 6.45) is 1.27. The van der Waals surface area contributed by atoms with E-state index in [1.54, 1.807) is 0 Å². The van der Waals surface area contributed by atoms with Gasteiger partial charge in [-0.2, -0.15) is 0 Å². The Morgan fingerprint density at radius 1 is 1.26 bits per heavy atom. The van der Waals surface area contributed by atoms with Crippen molar-refractivity contribution in [3.05, 3.63) is 63.8 Å². The van der Waals surface area contributed by atoms with Gasteiger partial charge in [0.15, 0.2) is 11.4 Å². The fourth-order valence-corrected chi connectivity index (χ4v) is 1.52. The first-order valence-electron chi connectivity index (χ1n) is 5.51. The monoisotopic (exact) mass is 262 g/mol. The molecule has 6 heteroatoms. The Labute approximate surface area is 107 Å². The lowest BCUT2D eigenvalue weighted by Crippen LogP contribution is -2.25. The zero-order valence-corrected chi connectivity index (χ0v) is 9.81. The van der Waals surface area contributed by atoms with Crippen molar-refractivity contribution in [2.75, 3.05) is 0 Å². The van der Waals surface area contributed by atoms with Crippen LogP contribution in [-0.4, -0.2) is 16.0 Å². The summed E-state index contributed by atoms with van der Waals surface area (Å²) < 4.78 is 12.7. The van der Waals surface area contributed by atoms with Gasteiger partial charge in [0.2, 0.25) is 5.43 Å². The van der Waals surface area contributed by atoms with E-state index in [0.29, 0.717) is 5.56 Å². The van der Waals surface area contributed by atoms with Crippen molar-refractivity contribution >= 4 is 5.91 Å². The topological polar surface area (TPSA) is 82.2 Å². The van der Waals surface area contributed by atoms with Gasteiger partial charge in [-0.05, 0) is 17.7 Å². The Morgan fingerprint density at radius 3 is 2.63 bits per heavy atom. The van der Waals surface area contributed by atoms with E-state index in [9.17, 15) is 19.1 Å². The van der Waals surface area contributed by atoms with E-state index >= 15 is 0 Å². The minimum absolute atomic E-state index is 0.162. The number of aromatic hydroxyl groups is 1. The third-order valence-electron chi connectivity index (χ3n) is 2.53. The number of benzene rings is 1. The molecular weight excluding hydrogens is 251 g/mol. The van der Waals surface area contributed by atoms with E-state index in [4.69, 9.17) is 0 Å². The number of amides is 1. The van der Waals surface area contributed by atoms with Gasteiger partial charge in [0, 0.05) is 18.8 Å². The average Bonchev–Trinajstić information content (AvgIpc) is 2.41. The minimum Gasteiger partial charge on any atom is -0.503 e. The maximum Gasteiger partial charge on any atom is 0.271 e. The highest BCUT2D eigenvalue weighted by atomic mass is 19.1. The quantitative estimate of drug-likeness (QED) is 0.776. The maximum atomic E-state index is 12.7. The maximum absolute atomic E-state index is 12.7. The van der Waals surface area contributed by atoms with Gasteiger partial charge in [-0.1, -0.05) is 12.1 Å². The number of rotatable bonds is 3. The SMILES string of the molecule is O=C(NCc1ccc(F)cc1)c1[nH]ccc(=O)c1O. The van der Waals surface area contributed by atoms with Crippen LogP contribution in [0.1, 0.15) is 16.1 Å². The molecular formula is C13H11FN2O3. The van der Waals surface area contributed by atoms with E-state index in [1.807, 2.05) is 0 Å². The fourth-order valence-electron chi connectivity index (χ4n) is 1.52. The molecule has 1 aromatic carbocycles. The molecule has 0 aliphatic rings. The zero-order chi connectivity index (χ0) is 13.8. The molecule has 0 aliphatic heterocycles. The number of aromatic amines is 1. The highest BCUT2D eigenvalue weighted by Crippen LogP contribution is 2.07. The van der Waals surface area contributed by atoms with E-state index in [2.05, 4.69) is 10.3 Å². The molecule has 0 saturated carbocycles. The van der Waals surface area contributed by atoms with E-state index in [-0.39, 0.29) is 18.1 Å². The smallest absolute Gasteiger partial charge is 0.271 e. The molecule has 2 aromatic rings. The summed E-state index contributed by atoms with van der Waals surface area (Å²) in [5.41, 5.74) is -0.132. The molecule has 0 bridgehead atoms. The molecule has 1 heterocycles. The molecule has 0 spiro atoms. The van der Waals surface area contributed by atoms with Crippen molar-refractivity contribution in [1.29, 1.82) is 0 Å². The van der Waals surface area contributed by atoms with Crippen LogP contribution in [0.2, 0.25) is 0 Å². The van der Waals surface area contributed by atoms with Crippen molar-refractivity contribution in [2.24, 2.45) is 0 Å². The normalized spacial score (nSPS) is 10.2. The van der Waals surface area contributed by atoms with Gasteiger partial charge in [0.05, 0.1) is 0 Å². The first-order chi connectivity index (χ1) is 9.08. The number of nitrogens with one attached hydrogen (secondary N) is 2. The van der Waals surface area contributed by atoms with Crippen LogP contribution in [-0.2, 0) is 6.54 Å². The molecule has 2 rings (SSSR count). The third-order valence-corrected chi connectivity index (χ3v) is 2.53. The van der Waals surface area contributed by atoms with Gasteiger partial charge in [-0.3, -0.25) is 9.59 Å². The lowest BCUT2D eigenvalue weighted by molar-refractivity contribution is 0.0942. The standard InChI is InChI=1S/C13H11FN2O3/c14-9-3-1-8(2-4-9)7-16-13(19)11-12(18)10(17)5-6-15-11/h1-6,18H,7H2,(H,15,17)(H,16,19). The van der Waals surface area contributed by atoms with E-state index < -0.39 is 17.1 Å². The summed E-state index contributed by atoms with van der Waals surface area (Å²) in [5, 5.41) is 12.0. The van der Waals surface area contributed by atoms with Crippen molar-refractivity contribution in [1.82, 2.24) is 10.3 Å². The van der Waals surface area contributed by atoms with Crippen LogP contribution in [0.25, 0.3) is 0 Å². The van der Waals surface area contributed by atoms with Crippen LogP contribution >= 0.6 is 0 Å². The van der Waals surface area contributed by atoms with Gasteiger partial charge < -0.3 is 15.4 Å². The summed E-state index contributed by atoms with van der Waals surface area (Å²) in [6.45, 7) is 0.162. The number of hydrogen-bond donors (Lipinski definition) is 3. The number of halogens is 1. The molecule has 19 heavy (non-hydrogen) atoms. The van der Waals surface area contributed by atoms with Gasteiger partial charge in [-0.25, -0.2) is 4.39 Å². The van der Waals surface area contributed by atoms with Crippen molar-refractivity contribution in [3.63, 3.8) is 0 Å². The Morgan fingerprint density at radius 2 is 1.95 bits per heavy atom. The molecule has 5 nitrogen and oxygen atoms in total. The van der Waals surface area contributed by atoms with Crippen LogP contribution < -0.4 is 10.7 Å². The number of aromatic nitrogens is 1. The minimum atomic E-state index is -0.634. The highest BCUT2D eigenvalue weighted by molar-refractivity contribution is 5.94. The molecule has 0 atom stereocenters. The molecule has 98 valence electrons. The number of hydrogen-bond acceptors (Lipinski definition) is 3. The lowest BCUT2D eigenvalue weighted by atomic mass is 10.2. The first-order valence-corrected chi connectivity index (χ1v) is 5.51. The lowest BCUT2D eigenvalue weighted by Gasteiger charge is -2.06. The molecule has 0 saturated heterocycles. The summed E-state index contributed by atoms with van der Waals surface area (Å²) in [7, 11) is 0. The highest BCUT2D eigenvalue weighted by Gasteiger charge is 2.13. The van der Waals surface area contributed by atoms with Crippen molar-refractivity contribution in [3.8, 4) is 5.75 Å². The molecule has 1 amide bonds. The Kier molecular flexibility index (Phi) is 3.61. The van der Waals surface area contributed by atoms with Crippen LogP contribution in [0, 0.1) is 5.82 Å². The summed E-state index contributed by atoms with van der Waals surface area (Å²) in [6, 6.07) is 6.74. The fraction of sp³-hybridized carbons (Fsp3) is 0.0769. The van der Waals surface area contributed by atoms with Crippen LogP contribution in [0.4, 0.5) is 4.39 Å². The molecule has 1 aromatic heterocycles. The predicted octanol–water partition coefficient (Wildman–Crippen LogP) is 1.15. The Bertz CT molecular complexity index is 650. The van der Waals surface area contributed by atoms with E-state index in [1.165, 1.54) is 30.5 Å². The second-order valence-electron chi connectivity index (χ2n) is 3.87. The van der Waals surface area contributed by atoms with Crippen LogP contribution in [0.5, 0.6) is 5.75 Å². The number of carbonyl (C=O) groups excluding carboxylic acids is 1. The summed E-state index contributed by atoms with van der Waals surface area (Å²) >= 11 is 0. The predicted molar refractivity (Wildman–Crippen MR) is 66.3 cm³/mol. The van der Waals surface area contributed by atoms with Gasteiger partial charge in [-0.15, -0.1) is 0 Å². The number of H-pyrrole nitrogens is 1. The van der Waals surface area contributed by atoms with Crippen molar-refractivity contribution < 1.29 is 14.3 Å². The van der Waals surface area contributed by atoms with Gasteiger partial charge >= 0.3 is 0 Å². The largest absolute Gasteiger partial charge is 0.503 e. The first kappa shape index (κ1) is 12.8. The van der Waals surface area contributed by atoms with Crippen LogP contribution in [0.15, 0.2) is 41.3 Å². The van der Waals surface area contributed by atoms with E-state index in [0.717, 1.165) is 6.07 Å². The Hall–Kier alpha value is -2.63. The van der Waals surface area contributed by atoms with Gasteiger partial charge in [0.1, 0.15) is 5.82 Å². The third kappa shape index (κ3) is 2.98. The molecule has 0 aliphatic carbocycles. The molecule has 0 unspecified atom stereocenters. The number of carbonyl (C=O) groups is 1. The zero-order valence-electron chi connectivity index (χ0n) is 9.81. The average molecular weight is 262 g/mol. The summed E-state index contributed by atoms with van der Waals surface area (Å²) in [5.74, 6) is -1.60. The summed E-state index contributed by atoms with van der Waals surface area (Å²) in [4.78, 5) is 25.4. The second-order valence-corrected chi connectivity index (χ2v) is 3.87. The van der Waals surface area contributed by atoms with Crippen molar-refractivity contribution in [2.45, 2.75) is 6.54 Å². The van der Waals surface area contributed by atoms with Gasteiger partial charge in [0.25, 0.3) is 5.91 Å². The molecule has 3 N–H and O–H groups in total. The molecule has 0 fully saturated rings. The molecule has 0 radical (unpaired) electrons. The van der Waals surface area contributed by atoms with Crippen LogP contribution in [0.3, 0.4) is 0 Å². The second kappa shape index (κ2) is 5.34.